The first-order valence-corrected chi connectivity index (χ1v) is 18.0. The molecule has 2 aromatic heterocycles. The van der Waals surface area contributed by atoms with Gasteiger partial charge in [-0.2, -0.15) is 0 Å². The van der Waals surface area contributed by atoms with Gasteiger partial charge in [0.25, 0.3) is 0 Å². The molecule has 1 aromatic carbocycles. The molecule has 254 valence electrons. The van der Waals surface area contributed by atoms with Gasteiger partial charge in [-0.1, -0.05) is 12.1 Å². The van der Waals surface area contributed by atoms with E-state index in [0.29, 0.717) is 17.8 Å². The molecule has 0 unspecified atom stereocenters. The standard InChI is InChI=1S/C37H53N7O3/c1-25-34-30-23-32(29-7-5-6-8-33(29)45)39-40-35(30)38-31(34)15-18-44(25)28-13-16-42(17-14-28)27-11-9-26(10-12-27)24-41-19-21-43(22-20-41)36(46)47-37(2,3)4/h5-8,23,25-28,45H,9-22,24H2,1-4H3,(H,38,40)/t25-,26?,27?/m1/s1. The van der Waals surface area contributed by atoms with Gasteiger partial charge in [-0.25, -0.2) is 4.79 Å². The Hall–Kier alpha value is -3.21. The molecule has 7 rings (SSSR count). The highest BCUT2D eigenvalue weighted by Crippen LogP contribution is 2.40. The van der Waals surface area contributed by atoms with Crippen LogP contribution in [0.3, 0.4) is 0 Å². The molecule has 0 bridgehead atoms. The molecule has 0 spiro atoms. The fourth-order valence-corrected chi connectivity index (χ4v) is 8.74. The Morgan fingerprint density at radius 3 is 2.36 bits per heavy atom. The first kappa shape index (κ1) is 32.3. The van der Waals surface area contributed by atoms with Gasteiger partial charge in [-0.3, -0.25) is 9.80 Å². The number of carbonyl (C=O) groups excluding carboxylic acids is 1. The zero-order valence-electron chi connectivity index (χ0n) is 28.7. The second-order valence-electron chi connectivity index (χ2n) is 15.4. The fourth-order valence-electron chi connectivity index (χ4n) is 8.74. The second-order valence-corrected chi connectivity index (χ2v) is 15.4. The Morgan fingerprint density at radius 2 is 1.66 bits per heavy atom. The van der Waals surface area contributed by atoms with Crippen LogP contribution in [-0.2, 0) is 11.2 Å². The number of phenols is 1. The van der Waals surface area contributed by atoms with Crippen molar-refractivity contribution in [3.05, 3.63) is 41.6 Å². The maximum atomic E-state index is 12.4. The van der Waals surface area contributed by atoms with Crippen LogP contribution >= 0.6 is 0 Å². The van der Waals surface area contributed by atoms with E-state index >= 15 is 0 Å². The minimum atomic E-state index is -0.438. The lowest BCUT2D eigenvalue weighted by Gasteiger charge is -2.46. The van der Waals surface area contributed by atoms with Crippen molar-refractivity contribution in [2.24, 2.45) is 5.92 Å². The summed E-state index contributed by atoms with van der Waals surface area (Å²) in [4.78, 5) is 26.0. The van der Waals surface area contributed by atoms with Crippen LogP contribution in [-0.4, -0.2) is 116 Å². The number of aromatic amines is 1. The highest BCUT2D eigenvalue weighted by molar-refractivity contribution is 5.86. The van der Waals surface area contributed by atoms with Gasteiger partial charge in [0.15, 0.2) is 5.65 Å². The number of hydrogen-bond donors (Lipinski definition) is 2. The number of phenolic OH excluding ortho intramolecular Hbond substituents is 1. The average Bonchev–Trinajstić information content (AvgIpc) is 3.44. The number of aromatic nitrogens is 3. The summed E-state index contributed by atoms with van der Waals surface area (Å²) in [5.74, 6) is 1.00. The van der Waals surface area contributed by atoms with Crippen LogP contribution < -0.4 is 0 Å². The van der Waals surface area contributed by atoms with Gasteiger partial charge >= 0.3 is 6.09 Å². The van der Waals surface area contributed by atoms with Crippen molar-refractivity contribution in [1.29, 1.82) is 0 Å². The number of piperidine rings is 1. The molecule has 3 aromatic rings. The quantitative estimate of drug-likeness (QED) is 0.359. The summed E-state index contributed by atoms with van der Waals surface area (Å²) < 4.78 is 5.57. The van der Waals surface area contributed by atoms with Crippen LogP contribution in [0.4, 0.5) is 4.79 Å². The van der Waals surface area contributed by atoms with E-state index in [4.69, 9.17) is 4.74 Å². The van der Waals surface area contributed by atoms with Crippen molar-refractivity contribution in [1.82, 2.24) is 34.8 Å². The molecule has 10 nitrogen and oxygen atoms in total. The van der Waals surface area contributed by atoms with E-state index < -0.39 is 5.60 Å². The summed E-state index contributed by atoms with van der Waals surface area (Å²) in [6.45, 7) is 16.2. The molecule has 1 atom stereocenters. The third kappa shape index (κ3) is 7.01. The molecule has 1 saturated carbocycles. The lowest BCUT2D eigenvalue weighted by atomic mass is 9.84. The van der Waals surface area contributed by atoms with Gasteiger partial charge in [0.05, 0.1) is 5.69 Å². The zero-order chi connectivity index (χ0) is 32.7. The summed E-state index contributed by atoms with van der Waals surface area (Å²) in [5.41, 5.74) is 4.47. The maximum Gasteiger partial charge on any atom is 0.410 e. The third-order valence-corrected chi connectivity index (χ3v) is 11.2. The van der Waals surface area contributed by atoms with Crippen molar-refractivity contribution < 1.29 is 14.6 Å². The zero-order valence-corrected chi connectivity index (χ0v) is 28.7. The Bertz CT molecular complexity index is 1540. The number of nitrogens with one attached hydrogen (secondary N) is 1. The molecule has 2 saturated heterocycles. The van der Waals surface area contributed by atoms with Crippen molar-refractivity contribution in [2.45, 2.75) is 96.4 Å². The monoisotopic (exact) mass is 643 g/mol. The Balaban J connectivity index is 0.892. The first-order chi connectivity index (χ1) is 22.6. The van der Waals surface area contributed by atoms with Crippen LogP contribution in [0.1, 0.15) is 83.5 Å². The molecule has 2 N–H and O–H groups in total. The Labute approximate surface area is 279 Å². The first-order valence-electron chi connectivity index (χ1n) is 18.0. The summed E-state index contributed by atoms with van der Waals surface area (Å²) in [6, 6.07) is 11.1. The second kappa shape index (κ2) is 13.4. The molecule has 3 fully saturated rings. The maximum absolute atomic E-state index is 12.4. The number of piperazine rings is 1. The van der Waals surface area contributed by atoms with Crippen LogP contribution in [0.2, 0.25) is 0 Å². The molecular weight excluding hydrogens is 590 g/mol. The minimum absolute atomic E-state index is 0.173. The van der Waals surface area contributed by atoms with E-state index in [1.54, 1.807) is 6.07 Å². The van der Waals surface area contributed by atoms with E-state index in [0.717, 1.165) is 67.7 Å². The summed E-state index contributed by atoms with van der Waals surface area (Å²) in [5, 5.41) is 20.5. The highest BCUT2D eigenvalue weighted by Gasteiger charge is 2.36. The molecular formula is C37H53N7O3. The molecule has 5 heterocycles. The average molecular weight is 644 g/mol. The van der Waals surface area contributed by atoms with E-state index in [2.05, 4.69) is 42.9 Å². The fraction of sp³-hybridized carbons (Fsp3) is 0.649. The smallest absolute Gasteiger partial charge is 0.410 e. The Morgan fingerprint density at radius 1 is 0.936 bits per heavy atom. The number of amides is 1. The van der Waals surface area contributed by atoms with E-state index in [-0.39, 0.29) is 11.8 Å². The van der Waals surface area contributed by atoms with Gasteiger partial charge in [0.2, 0.25) is 0 Å². The molecule has 47 heavy (non-hydrogen) atoms. The molecule has 1 aliphatic carbocycles. The number of rotatable bonds is 5. The normalized spacial score (nSPS) is 25.6. The van der Waals surface area contributed by atoms with E-state index in [1.807, 2.05) is 43.9 Å². The van der Waals surface area contributed by atoms with Crippen molar-refractivity contribution in [2.75, 3.05) is 52.4 Å². The van der Waals surface area contributed by atoms with Crippen molar-refractivity contribution >= 4 is 17.1 Å². The molecule has 10 heteroatoms. The third-order valence-electron chi connectivity index (χ3n) is 11.2. The van der Waals surface area contributed by atoms with Gasteiger partial charge < -0.3 is 24.6 Å². The summed E-state index contributed by atoms with van der Waals surface area (Å²) in [6.07, 6.45) is 8.54. The largest absolute Gasteiger partial charge is 0.507 e. The Kier molecular flexibility index (Phi) is 9.19. The lowest BCUT2D eigenvalue weighted by molar-refractivity contribution is 0.0114. The van der Waals surface area contributed by atoms with Gasteiger partial charge in [0, 0.05) is 80.5 Å². The van der Waals surface area contributed by atoms with Crippen LogP contribution in [0, 0.1) is 5.92 Å². The van der Waals surface area contributed by atoms with Crippen molar-refractivity contribution in [3.63, 3.8) is 0 Å². The molecule has 0 radical (unpaired) electrons. The molecule has 4 aliphatic rings. The summed E-state index contributed by atoms with van der Waals surface area (Å²) >= 11 is 0. The number of H-pyrrole nitrogens is 1. The number of likely N-dealkylation sites (tertiary alicyclic amines) is 1. The number of fused-ring (bicyclic) bond motifs is 3. The predicted molar refractivity (Wildman–Crippen MR) is 184 cm³/mol. The topological polar surface area (TPSA) is 101 Å². The molecule has 3 aliphatic heterocycles. The number of aromatic hydroxyl groups is 1. The lowest BCUT2D eigenvalue weighted by Crippen LogP contribution is -2.52. The van der Waals surface area contributed by atoms with Crippen LogP contribution in [0.25, 0.3) is 22.3 Å². The van der Waals surface area contributed by atoms with E-state index in [1.165, 1.54) is 69.4 Å². The number of ether oxygens (including phenoxy) is 1. The van der Waals surface area contributed by atoms with E-state index in [9.17, 15) is 9.90 Å². The van der Waals surface area contributed by atoms with Gasteiger partial charge in [-0.15, -0.1) is 10.2 Å². The summed E-state index contributed by atoms with van der Waals surface area (Å²) in [7, 11) is 0. The SMILES string of the molecule is C[C@@H]1c2c([nH]c3nnc(-c4ccccc4O)cc23)CCN1C1CCN(C2CCC(CN3CCN(C(=O)OC(C)(C)C)CC3)CC2)CC1. The molecule has 1 amide bonds. The number of carbonyl (C=O) groups is 1. The van der Waals surface area contributed by atoms with Crippen molar-refractivity contribution in [3.8, 4) is 17.0 Å². The minimum Gasteiger partial charge on any atom is -0.507 e. The number of benzene rings is 1. The number of hydrogen-bond acceptors (Lipinski definition) is 8. The highest BCUT2D eigenvalue weighted by atomic mass is 16.6. The van der Waals surface area contributed by atoms with Crippen LogP contribution in [0.5, 0.6) is 5.75 Å². The van der Waals surface area contributed by atoms with Gasteiger partial charge in [0.1, 0.15) is 11.4 Å². The van der Waals surface area contributed by atoms with Gasteiger partial charge in [-0.05, 0) is 109 Å². The number of para-hydroxylation sites is 1. The van der Waals surface area contributed by atoms with Crippen LogP contribution in [0.15, 0.2) is 30.3 Å². The number of nitrogens with zero attached hydrogens (tertiary/aromatic N) is 6. The predicted octanol–water partition coefficient (Wildman–Crippen LogP) is 5.83.